The van der Waals surface area contributed by atoms with Gasteiger partial charge < -0.3 is 0 Å². The largest absolute Gasteiger partial charge is 0.294 e. The second-order valence-electron chi connectivity index (χ2n) is 15.1. The predicted octanol–water partition coefficient (Wildman–Crippen LogP) is 10.2. The fourth-order valence-corrected chi connectivity index (χ4v) is 12.2. The van der Waals surface area contributed by atoms with Crippen LogP contribution in [0.15, 0.2) is 0 Å². The lowest BCUT2D eigenvalue weighted by atomic mass is 9.66. The van der Waals surface area contributed by atoms with Crippen LogP contribution in [0.1, 0.15) is 149 Å². The SMILES string of the molecule is CCC1CCCC(N(C2CCCC(CC)C2)C2CCC3C4CCC(Cl)CC4C(C4CCCCC4)C3C2)C1. The minimum atomic E-state index is 0.473. The normalized spacial score (nSPS) is 47.5. The Labute approximate surface area is 235 Å². The zero-order chi connectivity index (χ0) is 25.4. The van der Waals surface area contributed by atoms with Crippen molar-refractivity contribution in [2.24, 2.45) is 47.3 Å². The summed E-state index contributed by atoms with van der Waals surface area (Å²) in [7, 11) is 0. The Morgan fingerprint density at radius 1 is 0.514 bits per heavy atom. The topological polar surface area (TPSA) is 3.24 Å². The van der Waals surface area contributed by atoms with Gasteiger partial charge in [0.25, 0.3) is 0 Å². The van der Waals surface area contributed by atoms with Crippen LogP contribution in [0.4, 0.5) is 0 Å². The van der Waals surface area contributed by atoms with Crippen molar-refractivity contribution in [3.05, 3.63) is 0 Å². The molecule has 0 N–H and O–H groups in total. The second-order valence-corrected chi connectivity index (χ2v) is 15.8. The lowest BCUT2D eigenvalue weighted by Crippen LogP contribution is -2.54. The molecular weight excluding hydrogens is 470 g/mol. The first-order valence-electron chi connectivity index (χ1n) is 17.6. The van der Waals surface area contributed by atoms with Gasteiger partial charge in [0, 0.05) is 23.5 Å². The molecule has 0 bridgehead atoms. The van der Waals surface area contributed by atoms with Crippen molar-refractivity contribution < 1.29 is 0 Å². The quantitative estimate of drug-likeness (QED) is 0.309. The summed E-state index contributed by atoms with van der Waals surface area (Å²) < 4.78 is 0. The van der Waals surface area contributed by atoms with Crippen LogP contribution in [0.25, 0.3) is 0 Å². The maximum Gasteiger partial charge on any atom is 0.0339 e. The van der Waals surface area contributed by atoms with E-state index in [-0.39, 0.29) is 0 Å². The number of hydrogen-bond acceptors (Lipinski definition) is 1. The number of rotatable bonds is 6. The first kappa shape index (κ1) is 27.4. The molecule has 0 saturated heterocycles. The number of alkyl halides is 1. The molecular formula is C35H60ClN. The molecule has 1 nitrogen and oxygen atoms in total. The minimum Gasteiger partial charge on any atom is -0.294 e. The molecule has 0 amide bonds. The lowest BCUT2D eigenvalue weighted by Gasteiger charge is -2.52. The van der Waals surface area contributed by atoms with Gasteiger partial charge in [0.15, 0.2) is 0 Å². The van der Waals surface area contributed by atoms with Crippen molar-refractivity contribution in [1.82, 2.24) is 4.90 Å². The summed E-state index contributed by atoms with van der Waals surface area (Å²) in [6.45, 7) is 4.94. The van der Waals surface area contributed by atoms with Gasteiger partial charge in [0.05, 0.1) is 0 Å². The van der Waals surface area contributed by atoms with E-state index in [9.17, 15) is 0 Å². The summed E-state index contributed by atoms with van der Waals surface area (Å²) in [4.78, 5) is 3.30. The summed E-state index contributed by atoms with van der Waals surface area (Å²) >= 11 is 6.91. The Morgan fingerprint density at radius 2 is 1.08 bits per heavy atom. The van der Waals surface area contributed by atoms with Gasteiger partial charge in [-0.15, -0.1) is 11.6 Å². The molecule has 0 aromatic heterocycles. The second kappa shape index (κ2) is 12.4. The average molecular weight is 530 g/mol. The van der Waals surface area contributed by atoms with E-state index in [1.165, 1.54) is 109 Å². The highest BCUT2D eigenvalue weighted by Gasteiger charge is 2.56. The van der Waals surface area contributed by atoms with Crippen LogP contribution in [0.3, 0.4) is 0 Å². The molecule has 0 spiro atoms. The Hall–Kier alpha value is 0.250. The number of halogens is 1. The molecule has 6 fully saturated rings. The van der Waals surface area contributed by atoms with Gasteiger partial charge in [-0.1, -0.05) is 84.5 Å². The molecule has 6 rings (SSSR count). The average Bonchev–Trinajstić information content (AvgIpc) is 3.26. The molecule has 0 radical (unpaired) electrons. The van der Waals surface area contributed by atoms with Gasteiger partial charge in [0.2, 0.25) is 0 Å². The van der Waals surface area contributed by atoms with Crippen LogP contribution < -0.4 is 0 Å². The van der Waals surface area contributed by atoms with E-state index in [0.717, 1.165) is 65.5 Å². The first-order valence-corrected chi connectivity index (χ1v) is 18.0. The fourth-order valence-electron chi connectivity index (χ4n) is 11.8. The molecule has 6 aliphatic carbocycles. The van der Waals surface area contributed by atoms with Crippen LogP contribution in [0.2, 0.25) is 0 Å². The summed E-state index contributed by atoms with van der Waals surface area (Å²) in [5.41, 5.74) is 0. The third-order valence-corrected chi connectivity index (χ3v) is 13.9. The van der Waals surface area contributed by atoms with Crippen LogP contribution in [-0.4, -0.2) is 28.4 Å². The van der Waals surface area contributed by atoms with Gasteiger partial charge in [-0.05, 0) is 112 Å². The van der Waals surface area contributed by atoms with Crippen LogP contribution in [0, 0.1) is 47.3 Å². The summed E-state index contributed by atoms with van der Waals surface area (Å²) in [5, 5.41) is 0.473. The molecule has 6 aliphatic rings. The first-order chi connectivity index (χ1) is 18.2. The molecule has 0 aliphatic heterocycles. The van der Waals surface area contributed by atoms with E-state index in [4.69, 9.17) is 11.6 Å². The maximum absolute atomic E-state index is 6.91. The fraction of sp³-hybridized carbons (Fsp3) is 1.00. The maximum atomic E-state index is 6.91. The van der Waals surface area contributed by atoms with E-state index in [2.05, 4.69) is 18.7 Å². The molecule has 2 heteroatoms. The van der Waals surface area contributed by atoms with Crippen LogP contribution in [0.5, 0.6) is 0 Å². The lowest BCUT2D eigenvalue weighted by molar-refractivity contribution is -0.0217. The molecule has 11 atom stereocenters. The molecule has 11 unspecified atom stereocenters. The van der Waals surface area contributed by atoms with Crippen molar-refractivity contribution in [2.75, 3.05) is 0 Å². The molecule has 0 aromatic carbocycles. The Balaban J connectivity index is 1.26. The van der Waals surface area contributed by atoms with E-state index < -0.39 is 0 Å². The van der Waals surface area contributed by atoms with E-state index >= 15 is 0 Å². The molecule has 212 valence electrons. The summed E-state index contributed by atoms with van der Waals surface area (Å²) in [5.74, 6) is 8.11. The molecule has 6 saturated carbocycles. The Kier molecular flexibility index (Phi) is 9.20. The molecule has 37 heavy (non-hydrogen) atoms. The number of hydrogen-bond donors (Lipinski definition) is 0. The van der Waals surface area contributed by atoms with E-state index in [1.807, 2.05) is 0 Å². The third-order valence-electron chi connectivity index (χ3n) is 13.5. The monoisotopic (exact) mass is 529 g/mol. The highest BCUT2D eigenvalue weighted by atomic mass is 35.5. The summed E-state index contributed by atoms with van der Waals surface area (Å²) in [6.07, 6.45) is 31.2. The van der Waals surface area contributed by atoms with Gasteiger partial charge in [-0.25, -0.2) is 0 Å². The Bertz CT molecular complexity index is 692. The van der Waals surface area contributed by atoms with Gasteiger partial charge >= 0.3 is 0 Å². The van der Waals surface area contributed by atoms with E-state index in [0.29, 0.717) is 5.38 Å². The molecule has 0 heterocycles. The van der Waals surface area contributed by atoms with Crippen molar-refractivity contribution in [3.63, 3.8) is 0 Å². The number of nitrogens with zero attached hydrogens (tertiary/aromatic N) is 1. The van der Waals surface area contributed by atoms with Gasteiger partial charge in [-0.2, -0.15) is 0 Å². The zero-order valence-electron chi connectivity index (χ0n) is 24.6. The third kappa shape index (κ3) is 5.72. The van der Waals surface area contributed by atoms with Crippen molar-refractivity contribution >= 4 is 11.6 Å². The smallest absolute Gasteiger partial charge is 0.0339 e. The Morgan fingerprint density at radius 3 is 1.70 bits per heavy atom. The summed E-state index contributed by atoms with van der Waals surface area (Å²) in [6, 6.07) is 2.68. The highest BCUT2D eigenvalue weighted by Crippen LogP contribution is 2.62. The van der Waals surface area contributed by atoms with Crippen LogP contribution >= 0.6 is 11.6 Å². The zero-order valence-corrected chi connectivity index (χ0v) is 25.4. The van der Waals surface area contributed by atoms with E-state index in [1.54, 1.807) is 25.7 Å². The number of fused-ring (bicyclic) bond motifs is 3. The van der Waals surface area contributed by atoms with Gasteiger partial charge in [0.1, 0.15) is 0 Å². The van der Waals surface area contributed by atoms with Crippen molar-refractivity contribution in [2.45, 2.75) is 172 Å². The standard InChI is InChI=1S/C35H60ClN/c1-3-24-10-8-14-28(20-24)37(29-15-9-11-25(4-2)21-29)30-17-19-32-31-18-16-27(36)22-33(31)35(34(32)23-30)26-12-6-5-7-13-26/h24-35H,3-23H2,1-2H3. The highest BCUT2D eigenvalue weighted by molar-refractivity contribution is 6.20. The van der Waals surface area contributed by atoms with Crippen molar-refractivity contribution in [1.29, 1.82) is 0 Å². The minimum absolute atomic E-state index is 0.473. The van der Waals surface area contributed by atoms with Gasteiger partial charge in [-0.3, -0.25) is 4.90 Å². The molecule has 0 aromatic rings. The van der Waals surface area contributed by atoms with Crippen molar-refractivity contribution in [3.8, 4) is 0 Å². The van der Waals surface area contributed by atoms with Crippen LogP contribution in [-0.2, 0) is 0 Å². The predicted molar refractivity (Wildman–Crippen MR) is 159 cm³/mol.